The van der Waals surface area contributed by atoms with Gasteiger partial charge in [-0.05, 0) is 34.1 Å². The van der Waals surface area contributed by atoms with Crippen molar-refractivity contribution in [1.29, 1.82) is 0 Å². The van der Waals surface area contributed by atoms with Gasteiger partial charge >= 0.3 is 0 Å². The zero-order valence-corrected chi connectivity index (χ0v) is 12.7. The number of anilines is 3. The molecular formula is C12H10BrClN6. The monoisotopic (exact) mass is 352 g/mol. The van der Waals surface area contributed by atoms with Gasteiger partial charge in [-0.15, -0.1) is 0 Å². The van der Waals surface area contributed by atoms with E-state index in [9.17, 15) is 0 Å². The molecule has 0 unspecified atom stereocenters. The van der Waals surface area contributed by atoms with E-state index in [0.29, 0.717) is 22.4 Å². The number of benzene rings is 1. The molecule has 0 aliphatic heterocycles. The van der Waals surface area contributed by atoms with Crippen LogP contribution in [0.1, 0.15) is 0 Å². The molecule has 0 radical (unpaired) electrons. The van der Waals surface area contributed by atoms with Crippen LogP contribution in [0.5, 0.6) is 0 Å². The summed E-state index contributed by atoms with van der Waals surface area (Å²) in [5.41, 5.74) is 1.48. The van der Waals surface area contributed by atoms with Gasteiger partial charge in [0.15, 0.2) is 5.65 Å². The number of hydrogen-bond donors (Lipinski definition) is 3. The molecule has 0 fully saturated rings. The largest absolute Gasteiger partial charge is 0.357 e. The summed E-state index contributed by atoms with van der Waals surface area (Å²) in [4.78, 5) is 8.68. The number of nitrogens with zero attached hydrogens (tertiary/aromatic N) is 3. The Bertz CT molecular complexity index is 772. The van der Waals surface area contributed by atoms with Gasteiger partial charge in [0.2, 0.25) is 5.95 Å². The summed E-state index contributed by atoms with van der Waals surface area (Å²) in [6.07, 6.45) is 1.68. The van der Waals surface area contributed by atoms with Crippen molar-refractivity contribution < 1.29 is 0 Å². The number of H-pyrrole nitrogens is 1. The first-order chi connectivity index (χ1) is 9.67. The van der Waals surface area contributed by atoms with Gasteiger partial charge in [-0.3, -0.25) is 5.10 Å². The molecule has 0 saturated heterocycles. The number of aromatic nitrogens is 4. The number of nitrogens with one attached hydrogen (secondary N) is 3. The van der Waals surface area contributed by atoms with E-state index in [1.54, 1.807) is 13.2 Å². The van der Waals surface area contributed by atoms with Crippen molar-refractivity contribution in [2.75, 3.05) is 17.7 Å². The Hall–Kier alpha value is -1.86. The SMILES string of the molecule is CNc1nc(Nc2cc(Cl)ccc2Br)c2cn[nH]c2n1. The third-order valence-corrected chi connectivity index (χ3v) is 3.64. The van der Waals surface area contributed by atoms with Crippen LogP contribution in [0.25, 0.3) is 11.0 Å². The van der Waals surface area contributed by atoms with E-state index < -0.39 is 0 Å². The second-order valence-corrected chi connectivity index (χ2v) is 5.32. The summed E-state index contributed by atoms with van der Waals surface area (Å²) in [5, 5.41) is 14.4. The Labute approximate surface area is 128 Å². The van der Waals surface area contributed by atoms with Gasteiger partial charge in [0.1, 0.15) is 5.82 Å². The Kier molecular flexibility index (Phi) is 3.45. The molecule has 3 N–H and O–H groups in total. The van der Waals surface area contributed by atoms with Crippen LogP contribution in [0.15, 0.2) is 28.9 Å². The highest BCUT2D eigenvalue weighted by molar-refractivity contribution is 9.10. The number of halogens is 2. The molecule has 2 aromatic heterocycles. The van der Waals surface area contributed by atoms with Crippen LogP contribution in [0, 0.1) is 0 Å². The van der Waals surface area contributed by atoms with Crippen LogP contribution < -0.4 is 10.6 Å². The van der Waals surface area contributed by atoms with Gasteiger partial charge in [-0.2, -0.15) is 15.1 Å². The van der Waals surface area contributed by atoms with Crippen molar-refractivity contribution in [1.82, 2.24) is 20.2 Å². The second kappa shape index (κ2) is 5.26. The van der Waals surface area contributed by atoms with Crippen molar-refractivity contribution in [3.63, 3.8) is 0 Å². The van der Waals surface area contributed by atoms with E-state index in [1.165, 1.54) is 0 Å². The summed E-state index contributed by atoms with van der Waals surface area (Å²) in [6, 6.07) is 5.50. The molecule has 1 aromatic carbocycles. The molecule has 0 atom stereocenters. The topological polar surface area (TPSA) is 78.5 Å². The minimum Gasteiger partial charge on any atom is -0.357 e. The summed E-state index contributed by atoms with van der Waals surface area (Å²) in [6.45, 7) is 0. The van der Waals surface area contributed by atoms with Crippen LogP contribution >= 0.6 is 27.5 Å². The van der Waals surface area contributed by atoms with Crippen LogP contribution in [0.4, 0.5) is 17.5 Å². The van der Waals surface area contributed by atoms with Crippen molar-refractivity contribution in [3.05, 3.63) is 33.9 Å². The maximum absolute atomic E-state index is 6.01. The summed E-state index contributed by atoms with van der Waals surface area (Å²) in [5.74, 6) is 1.15. The first-order valence-corrected chi connectivity index (χ1v) is 6.95. The third-order valence-electron chi connectivity index (χ3n) is 2.71. The third kappa shape index (κ3) is 2.41. The van der Waals surface area contributed by atoms with Gasteiger partial charge in [0.25, 0.3) is 0 Å². The lowest BCUT2D eigenvalue weighted by atomic mass is 10.3. The van der Waals surface area contributed by atoms with Crippen molar-refractivity contribution >= 4 is 56.0 Å². The number of rotatable bonds is 3. The number of hydrogen-bond acceptors (Lipinski definition) is 5. The van der Waals surface area contributed by atoms with E-state index in [2.05, 4.69) is 46.7 Å². The smallest absolute Gasteiger partial charge is 0.226 e. The minimum absolute atomic E-state index is 0.502. The van der Waals surface area contributed by atoms with Gasteiger partial charge < -0.3 is 10.6 Å². The highest BCUT2D eigenvalue weighted by atomic mass is 79.9. The van der Waals surface area contributed by atoms with Gasteiger partial charge in [-0.25, -0.2) is 0 Å². The zero-order valence-electron chi connectivity index (χ0n) is 10.4. The fraction of sp³-hybridized carbons (Fsp3) is 0.0833. The molecule has 102 valence electrons. The average molecular weight is 354 g/mol. The Morgan fingerprint density at radius 2 is 2.15 bits per heavy atom. The Balaban J connectivity index is 2.09. The van der Waals surface area contributed by atoms with Crippen molar-refractivity contribution in [2.45, 2.75) is 0 Å². The van der Waals surface area contributed by atoms with Crippen LogP contribution in [0.3, 0.4) is 0 Å². The average Bonchev–Trinajstić information content (AvgIpc) is 2.91. The Morgan fingerprint density at radius 3 is 2.95 bits per heavy atom. The van der Waals surface area contributed by atoms with Crippen LogP contribution in [-0.4, -0.2) is 27.2 Å². The molecule has 8 heteroatoms. The molecule has 0 aliphatic rings. The predicted octanol–water partition coefficient (Wildman–Crippen LogP) is 3.55. The van der Waals surface area contributed by atoms with Crippen molar-refractivity contribution in [2.24, 2.45) is 0 Å². The maximum Gasteiger partial charge on any atom is 0.226 e. The zero-order chi connectivity index (χ0) is 14.1. The summed E-state index contributed by atoms with van der Waals surface area (Å²) in [7, 11) is 1.76. The molecule has 0 aliphatic carbocycles. The molecule has 0 bridgehead atoms. The molecule has 3 rings (SSSR count). The van der Waals surface area contributed by atoms with E-state index in [4.69, 9.17) is 11.6 Å². The Morgan fingerprint density at radius 1 is 1.30 bits per heavy atom. The van der Waals surface area contributed by atoms with E-state index in [-0.39, 0.29) is 0 Å². The molecule has 6 nitrogen and oxygen atoms in total. The van der Waals surface area contributed by atoms with Gasteiger partial charge in [0, 0.05) is 16.5 Å². The van der Waals surface area contributed by atoms with Crippen LogP contribution in [0.2, 0.25) is 5.02 Å². The van der Waals surface area contributed by atoms with Crippen molar-refractivity contribution in [3.8, 4) is 0 Å². The lowest BCUT2D eigenvalue weighted by Gasteiger charge is -2.10. The van der Waals surface area contributed by atoms with E-state index in [0.717, 1.165) is 15.5 Å². The number of fused-ring (bicyclic) bond motifs is 1. The highest BCUT2D eigenvalue weighted by Crippen LogP contribution is 2.30. The predicted molar refractivity (Wildman–Crippen MR) is 83.7 cm³/mol. The fourth-order valence-corrected chi connectivity index (χ4v) is 2.28. The fourth-order valence-electron chi connectivity index (χ4n) is 1.76. The maximum atomic E-state index is 6.01. The first kappa shape index (κ1) is 13.1. The molecule has 0 saturated carbocycles. The standard InChI is InChI=1S/C12H10BrClN6/c1-15-12-18-10(7-5-16-20-11(7)19-12)17-9-4-6(14)2-3-8(9)13/h2-5H,1H3,(H3,15,16,17,18,19,20). The quantitative estimate of drug-likeness (QED) is 0.671. The molecule has 3 aromatic rings. The normalized spacial score (nSPS) is 10.8. The molecule has 0 spiro atoms. The lowest BCUT2D eigenvalue weighted by molar-refractivity contribution is 1.09. The van der Waals surface area contributed by atoms with Gasteiger partial charge in [-0.1, -0.05) is 11.6 Å². The lowest BCUT2D eigenvalue weighted by Crippen LogP contribution is -2.01. The van der Waals surface area contributed by atoms with Gasteiger partial charge in [0.05, 0.1) is 17.3 Å². The summed E-state index contributed by atoms with van der Waals surface area (Å²) < 4.78 is 0.892. The highest BCUT2D eigenvalue weighted by Gasteiger charge is 2.10. The number of aromatic amines is 1. The molecule has 0 amide bonds. The summed E-state index contributed by atoms with van der Waals surface area (Å²) >= 11 is 9.49. The van der Waals surface area contributed by atoms with E-state index >= 15 is 0 Å². The second-order valence-electron chi connectivity index (χ2n) is 4.03. The molecular weight excluding hydrogens is 344 g/mol. The first-order valence-electron chi connectivity index (χ1n) is 5.78. The minimum atomic E-state index is 0.502. The molecule has 2 heterocycles. The molecule has 20 heavy (non-hydrogen) atoms. The van der Waals surface area contributed by atoms with Crippen LogP contribution in [-0.2, 0) is 0 Å². The van der Waals surface area contributed by atoms with E-state index in [1.807, 2.05) is 18.2 Å².